The molecule has 26 heavy (non-hydrogen) atoms. The van der Waals surface area contributed by atoms with E-state index in [2.05, 4.69) is 29.2 Å². The minimum absolute atomic E-state index is 0.0929. The molecule has 1 aliphatic carbocycles. The molecule has 0 bridgehead atoms. The van der Waals surface area contributed by atoms with Crippen LogP contribution in [0.5, 0.6) is 0 Å². The summed E-state index contributed by atoms with van der Waals surface area (Å²) in [5.41, 5.74) is 2.90. The van der Waals surface area contributed by atoms with Crippen LogP contribution < -0.4 is 5.32 Å². The Morgan fingerprint density at radius 3 is 2.69 bits per heavy atom. The molecule has 0 saturated carbocycles. The summed E-state index contributed by atoms with van der Waals surface area (Å²) in [5, 5.41) is 7.59. The molecule has 0 saturated heterocycles. The summed E-state index contributed by atoms with van der Waals surface area (Å²) in [5.74, 6) is 0.349. The monoisotopic (exact) mass is 352 g/mol. The topological polar surface area (TPSA) is 86.1 Å². The highest BCUT2D eigenvalue weighted by atomic mass is 16.5. The summed E-state index contributed by atoms with van der Waals surface area (Å²) >= 11 is 0. The van der Waals surface area contributed by atoms with Gasteiger partial charge in [0.15, 0.2) is 5.78 Å². The number of ketones is 1. The Balaban J connectivity index is 1.82. The van der Waals surface area contributed by atoms with Gasteiger partial charge in [0.2, 0.25) is 5.95 Å². The highest BCUT2D eigenvalue weighted by molar-refractivity contribution is 6.00. The average Bonchev–Trinajstić information content (AvgIpc) is 3.06. The molecule has 4 rings (SSSR count). The van der Waals surface area contributed by atoms with Crippen molar-refractivity contribution in [3.05, 3.63) is 53.0 Å². The minimum Gasteiger partial charge on any atom is -0.465 e. The predicted molar refractivity (Wildman–Crippen MR) is 94.6 cm³/mol. The summed E-state index contributed by atoms with van der Waals surface area (Å²) in [7, 11) is 1.35. The van der Waals surface area contributed by atoms with Crippen LogP contribution in [0.15, 0.2) is 41.9 Å². The van der Waals surface area contributed by atoms with Crippen molar-refractivity contribution < 1.29 is 14.3 Å². The first-order valence-electron chi connectivity index (χ1n) is 8.51. The Morgan fingerprint density at radius 2 is 2.00 bits per heavy atom. The van der Waals surface area contributed by atoms with E-state index in [0.717, 1.165) is 23.3 Å². The van der Waals surface area contributed by atoms with Crippen molar-refractivity contribution in [3.8, 4) is 0 Å². The molecule has 2 aliphatic rings. The fourth-order valence-corrected chi connectivity index (χ4v) is 3.78. The molecular formula is C19H20N4O3. The van der Waals surface area contributed by atoms with Gasteiger partial charge in [-0.3, -0.25) is 4.79 Å². The van der Waals surface area contributed by atoms with Crippen LogP contribution in [0.2, 0.25) is 0 Å². The molecule has 0 unspecified atom stereocenters. The number of hydrogen-bond donors (Lipinski definition) is 1. The highest BCUT2D eigenvalue weighted by Gasteiger charge is 2.41. The number of rotatable bonds is 2. The number of anilines is 1. The molecule has 1 atom stereocenters. The minimum atomic E-state index is -0.390. The van der Waals surface area contributed by atoms with E-state index in [4.69, 9.17) is 4.74 Å². The number of carbonyl (C=O) groups is 2. The van der Waals surface area contributed by atoms with Crippen molar-refractivity contribution in [1.29, 1.82) is 0 Å². The van der Waals surface area contributed by atoms with Crippen molar-refractivity contribution in [1.82, 2.24) is 14.8 Å². The van der Waals surface area contributed by atoms with Crippen molar-refractivity contribution in [2.45, 2.75) is 32.7 Å². The van der Waals surface area contributed by atoms with Crippen LogP contribution in [0.1, 0.15) is 48.7 Å². The Labute approximate surface area is 151 Å². The van der Waals surface area contributed by atoms with Crippen LogP contribution in [0.4, 0.5) is 5.95 Å². The van der Waals surface area contributed by atoms with Crippen LogP contribution in [-0.2, 0) is 9.53 Å². The first kappa shape index (κ1) is 16.5. The number of esters is 1. The van der Waals surface area contributed by atoms with Gasteiger partial charge < -0.3 is 10.1 Å². The molecule has 0 spiro atoms. The van der Waals surface area contributed by atoms with E-state index in [-0.39, 0.29) is 17.2 Å². The molecule has 2 aromatic rings. The molecule has 134 valence electrons. The van der Waals surface area contributed by atoms with E-state index in [1.165, 1.54) is 13.4 Å². The van der Waals surface area contributed by atoms with E-state index in [9.17, 15) is 9.59 Å². The Hall–Kier alpha value is -2.96. The highest BCUT2D eigenvalue weighted by Crippen LogP contribution is 2.45. The van der Waals surface area contributed by atoms with Gasteiger partial charge in [0, 0.05) is 17.7 Å². The van der Waals surface area contributed by atoms with Gasteiger partial charge in [-0.15, -0.1) is 0 Å². The Morgan fingerprint density at radius 1 is 1.27 bits per heavy atom. The van der Waals surface area contributed by atoms with Gasteiger partial charge >= 0.3 is 5.97 Å². The van der Waals surface area contributed by atoms with Crippen molar-refractivity contribution >= 4 is 17.7 Å². The normalized spacial score (nSPS) is 20.9. The average molecular weight is 352 g/mol. The van der Waals surface area contributed by atoms with E-state index in [1.807, 2.05) is 12.1 Å². The van der Waals surface area contributed by atoms with Gasteiger partial charge in [0.1, 0.15) is 12.4 Å². The van der Waals surface area contributed by atoms with Gasteiger partial charge in [-0.2, -0.15) is 10.1 Å². The molecule has 7 nitrogen and oxygen atoms in total. The van der Waals surface area contributed by atoms with Gasteiger partial charge in [-0.05, 0) is 29.5 Å². The summed E-state index contributed by atoms with van der Waals surface area (Å²) in [6.07, 6.45) is 2.75. The van der Waals surface area contributed by atoms with E-state index < -0.39 is 5.97 Å². The number of allylic oxidation sites excluding steroid dienone is 2. The SMILES string of the molecule is COC(=O)c1ccc([C@H]2C3=C(CC(C)(C)CC3=O)Nc3ncnn32)cc1. The molecule has 0 amide bonds. The number of nitrogens with one attached hydrogen (secondary N) is 1. The van der Waals surface area contributed by atoms with Crippen LogP contribution >= 0.6 is 0 Å². The lowest BCUT2D eigenvalue weighted by molar-refractivity contribution is -0.118. The smallest absolute Gasteiger partial charge is 0.337 e. The third-order valence-corrected chi connectivity index (χ3v) is 4.92. The number of nitrogens with zero attached hydrogens (tertiary/aromatic N) is 3. The summed E-state index contributed by atoms with van der Waals surface area (Å²) in [6.45, 7) is 4.19. The largest absolute Gasteiger partial charge is 0.465 e. The molecule has 1 aromatic carbocycles. The lowest BCUT2D eigenvalue weighted by Gasteiger charge is -2.38. The summed E-state index contributed by atoms with van der Waals surface area (Å²) in [6, 6.07) is 6.74. The van der Waals surface area contributed by atoms with Gasteiger partial charge in [0.25, 0.3) is 0 Å². The lowest BCUT2D eigenvalue weighted by Crippen LogP contribution is -2.36. The number of fused-ring (bicyclic) bond motifs is 1. The van der Waals surface area contributed by atoms with E-state index in [1.54, 1.807) is 16.8 Å². The van der Waals surface area contributed by atoms with Crippen LogP contribution in [0.3, 0.4) is 0 Å². The molecule has 7 heteroatoms. The van der Waals surface area contributed by atoms with Crippen molar-refractivity contribution in [2.24, 2.45) is 5.41 Å². The fraction of sp³-hybridized carbons (Fsp3) is 0.368. The quantitative estimate of drug-likeness (QED) is 0.837. The van der Waals surface area contributed by atoms with Crippen LogP contribution in [-0.4, -0.2) is 33.6 Å². The number of ether oxygens (including phenoxy) is 1. The number of aromatic nitrogens is 3. The zero-order valence-corrected chi connectivity index (χ0v) is 14.9. The predicted octanol–water partition coefficient (Wildman–Crippen LogP) is 2.72. The molecular weight excluding hydrogens is 332 g/mol. The maximum atomic E-state index is 12.9. The van der Waals surface area contributed by atoms with E-state index in [0.29, 0.717) is 17.9 Å². The summed E-state index contributed by atoms with van der Waals surface area (Å²) < 4.78 is 6.48. The third-order valence-electron chi connectivity index (χ3n) is 4.92. The van der Waals surface area contributed by atoms with Crippen LogP contribution in [0, 0.1) is 5.41 Å². The first-order valence-corrected chi connectivity index (χ1v) is 8.51. The van der Waals surface area contributed by atoms with Gasteiger partial charge in [-0.1, -0.05) is 26.0 Å². The van der Waals surface area contributed by atoms with Crippen LogP contribution in [0.25, 0.3) is 0 Å². The molecule has 0 radical (unpaired) electrons. The number of methoxy groups -OCH3 is 1. The fourth-order valence-electron chi connectivity index (χ4n) is 3.78. The molecule has 2 heterocycles. The third kappa shape index (κ3) is 2.60. The second-order valence-corrected chi connectivity index (χ2v) is 7.50. The van der Waals surface area contributed by atoms with E-state index >= 15 is 0 Å². The van der Waals surface area contributed by atoms with Gasteiger partial charge in [-0.25, -0.2) is 9.48 Å². The maximum absolute atomic E-state index is 12.9. The number of Topliss-reactive ketones (excluding diaryl/α,β-unsaturated/α-hetero) is 1. The molecule has 1 aliphatic heterocycles. The number of carbonyl (C=O) groups excluding carboxylic acids is 2. The summed E-state index contributed by atoms with van der Waals surface area (Å²) in [4.78, 5) is 28.9. The van der Waals surface area contributed by atoms with Crippen molar-refractivity contribution in [3.63, 3.8) is 0 Å². The Kier molecular flexibility index (Phi) is 3.68. The standard InChI is InChI=1S/C19H20N4O3/c1-19(2)8-13-15(14(24)9-19)16(23-18(22-13)20-10-21-23)11-4-6-12(7-5-11)17(25)26-3/h4-7,10,16H,8-9H2,1-3H3,(H,20,21,22)/t16-/m0/s1. The second-order valence-electron chi connectivity index (χ2n) is 7.50. The first-order chi connectivity index (χ1) is 12.4. The number of hydrogen-bond acceptors (Lipinski definition) is 6. The zero-order valence-electron chi connectivity index (χ0n) is 14.9. The molecule has 0 fully saturated rings. The van der Waals surface area contributed by atoms with Gasteiger partial charge in [0.05, 0.1) is 12.7 Å². The van der Waals surface area contributed by atoms with Crippen molar-refractivity contribution in [2.75, 3.05) is 12.4 Å². The zero-order chi connectivity index (χ0) is 18.5. The molecule has 1 aromatic heterocycles. The lowest BCUT2D eigenvalue weighted by atomic mass is 9.73. The second kappa shape index (κ2) is 5.79. The maximum Gasteiger partial charge on any atom is 0.337 e. The Bertz CT molecular complexity index is 925. The number of benzene rings is 1. The molecule has 1 N–H and O–H groups in total.